The highest BCUT2D eigenvalue weighted by Crippen LogP contribution is 2.33. The molecular formula is C16H24N2O. The van der Waals surface area contributed by atoms with Crippen molar-refractivity contribution in [2.75, 3.05) is 14.2 Å². The molecule has 3 nitrogen and oxygen atoms in total. The van der Waals surface area contributed by atoms with E-state index in [2.05, 4.69) is 45.1 Å². The van der Waals surface area contributed by atoms with Crippen LogP contribution >= 0.6 is 0 Å². The number of ether oxygens (including phenoxy) is 1. The maximum absolute atomic E-state index is 9.41. The lowest BCUT2D eigenvalue weighted by Crippen LogP contribution is -2.28. The van der Waals surface area contributed by atoms with Crippen molar-refractivity contribution in [3.05, 3.63) is 28.8 Å². The van der Waals surface area contributed by atoms with Crippen molar-refractivity contribution in [2.24, 2.45) is 11.8 Å². The molecule has 3 heteroatoms. The van der Waals surface area contributed by atoms with Crippen molar-refractivity contribution >= 4 is 0 Å². The molecule has 0 saturated carbocycles. The van der Waals surface area contributed by atoms with Gasteiger partial charge in [-0.05, 0) is 49.6 Å². The molecule has 0 spiro atoms. The molecule has 0 aliphatic heterocycles. The van der Waals surface area contributed by atoms with Crippen LogP contribution in [-0.2, 0) is 0 Å². The number of nitriles is 1. The Morgan fingerprint density at radius 2 is 1.84 bits per heavy atom. The third-order valence-corrected chi connectivity index (χ3v) is 3.87. The van der Waals surface area contributed by atoms with Crippen LogP contribution in [0.1, 0.15) is 36.6 Å². The molecule has 2 atom stereocenters. The number of nitrogens with one attached hydrogen (secondary N) is 1. The van der Waals surface area contributed by atoms with Gasteiger partial charge in [0.05, 0.1) is 19.1 Å². The Balaban J connectivity index is 3.27. The highest BCUT2D eigenvalue weighted by molar-refractivity contribution is 5.45. The Bertz CT molecular complexity index is 474. The number of nitrogens with zero attached hydrogens (tertiary/aromatic N) is 1. The van der Waals surface area contributed by atoms with Gasteiger partial charge in [0.15, 0.2) is 0 Å². The van der Waals surface area contributed by atoms with Crippen molar-refractivity contribution in [1.82, 2.24) is 5.32 Å². The normalized spacial score (nSPS) is 14.0. The first kappa shape index (κ1) is 15.5. The maximum Gasteiger partial charge on any atom is 0.122 e. The third-order valence-electron chi connectivity index (χ3n) is 3.87. The van der Waals surface area contributed by atoms with Crippen LogP contribution in [0.2, 0.25) is 0 Å². The predicted molar refractivity (Wildman–Crippen MR) is 78.2 cm³/mol. The lowest BCUT2D eigenvalue weighted by atomic mass is 9.83. The minimum Gasteiger partial charge on any atom is -0.496 e. The molecule has 0 aliphatic carbocycles. The van der Waals surface area contributed by atoms with E-state index in [1.54, 1.807) is 7.11 Å². The summed E-state index contributed by atoms with van der Waals surface area (Å²) in [6.07, 6.45) is 0. The molecule has 1 rings (SSSR count). The van der Waals surface area contributed by atoms with Gasteiger partial charge in [0.1, 0.15) is 5.75 Å². The van der Waals surface area contributed by atoms with Crippen molar-refractivity contribution in [1.29, 1.82) is 5.26 Å². The smallest absolute Gasteiger partial charge is 0.122 e. The number of methoxy groups -OCH3 is 1. The quantitative estimate of drug-likeness (QED) is 0.883. The summed E-state index contributed by atoms with van der Waals surface area (Å²) in [7, 11) is 3.60. The van der Waals surface area contributed by atoms with Crippen LogP contribution in [0.4, 0.5) is 0 Å². The topological polar surface area (TPSA) is 45.0 Å². The lowest BCUT2D eigenvalue weighted by molar-refractivity contribution is 0.361. The van der Waals surface area contributed by atoms with Crippen molar-refractivity contribution in [2.45, 2.75) is 33.7 Å². The zero-order chi connectivity index (χ0) is 14.6. The van der Waals surface area contributed by atoms with E-state index in [1.807, 2.05) is 13.1 Å². The molecule has 1 N–H and O–H groups in total. The zero-order valence-corrected chi connectivity index (χ0v) is 12.7. The van der Waals surface area contributed by atoms with Gasteiger partial charge in [0.2, 0.25) is 0 Å². The monoisotopic (exact) mass is 260 g/mol. The molecule has 1 aromatic carbocycles. The summed E-state index contributed by atoms with van der Waals surface area (Å²) in [6, 6.07) is 6.53. The van der Waals surface area contributed by atoms with E-state index in [0.717, 1.165) is 11.3 Å². The van der Waals surface area contributed by atoms with Crippen LogP contribution in [0.3, 0.4) is 0 Å². The van der Waals surface area contributed by atoms with E-state index >= 15 is 0 Å². The first-order valence-corrected chi connectivity index (χ1v) is 6.68. The minimum atomic E-state index is -0.0449. The third kappa shape index (κ3) is 3.08. The van der Waals surface area contributed by atoms with E-state index in [0.29, 0.717) is 5.92 Å². The Labute approximate surface area is 116 Å². The molecule has 0 aromatic heterocycles. The lowest BCUT2D eigenvalue weighted by Gasteiger charge is -2.27. The van der Waals surface area contributed by atoms with Crippen LogP contribution in [0.5, 0.6) is 5.75 Å². The second-order valence-corrected chi connectivity index (χ2v) is 5.27. The summed E-state index contributed by atoms with van der Waals surface area (Å²) >= 11 is 0. The standard InChI is InChI=1S/C16H24N2O/c1-10(2)14(9-17)16(18-5)13-7-8-15(19-6)12(4)11(13)3/h7-8,10,14,16,18H,1-6H3. The highest BCUT2D eigenvalue weighted by atomic mass is 16.5. The SMILES string of the molecule is CNC(c1ccc(OC)c(C)c1C)C(C#N)C(C)C. The van der Waals surface area contributed by atoms with E-state index in [1.165, 1.54) is 11.1 Å². The predicted octanol–water partition coefficient (Wildman–Crippen LogP) is 3.37. The van der Waals surface area contributed by atoms with Gasteiger partial charge >= 0.3 is 0 Å². The van der Waals surface area contributed by atoms with Crippen molar-refractivity contribution in [3.8, 4) is 11.8 Å². The van der Waals surface area contributed by atoms with Crippen LogP contribution in [0.15, 0.2) is 12.1 Å². The van der Waals surface area contributed by atoms with Crippen LogP contribution < -0.4 is 10.1 Å². The number of hydrogen-bond acceptors (Lipinski definition) is 3. The van der Waals surface area contributed by atoms with Gasteiger partial charge in [-0.2, -0.15) is 5.26 Å². The van der Waals surface area contributed by atoms with Gasteiger partial charge in [-0.25, -0.2) is 0 Å². The first-order valence-electron chi connectivity index (χ1n) is 6.68. The molecule has 0 radical (unpaired) electrons. The molecule has 2 unspecified atom stereocenters. The van der Waals surface area contributed by atoms with E-state index in [4.69, 9.17) is 4.74 Å². The van der Waals surface area contributed by atoms with Gasteiger partial charge in [-0.3, -0.25) is 0 Å². The van der Waals surface area contributed by atoms with E-state index in [-0.39, 0.29) is 12.0 Å². The molecule has 0 fully saturated rings. The number of benzene rings is 1. The second kappa shape index (κ2) is 6.58. The van der Waals surface area contributed by atoms with Gasteiger partial charge in [0.25, 0.3) is 0 Å². The molecular weight excluding hydrogens is 236 g/mol. The van der Waals surface area contributed by atoms with E-state index < -0.39 is 0 Å². The molecule has 1 aromatic rings. The zero-order valence-electron chi connectivity index (χ0n) is 12.7. The summed E-state index contributed by atoms with van der Waals surface area (Å²) < 4.78 is 5.34. The van der Waals surface area contributed by atoms with E-state index in [9.17, 15) is 5.26 Å². The molecule has 0 heterocycles. The molecule has 104 valence electrons. The van der Waals surface area contributed by atoms with Gasteiger partial charge < -0.3 is 10.1 Å². The average Bonchev–Trinajstić information content (AvgIpc) is 2.39. The van der Waals surface area contributed by atoms with Crippen molar-refractivity contribution in [3.63, 3.8) is 0 Å². The van der Waals surface area contributed by atoms with Crippen LogP contribution in [-0.4, -0.2) is 14.2 Å². The molecule has 0 aliphatic rings. The van der Waals surface area contributed by atoms with Gasteiger partial charge in [-0.1, -0.05) is 19.9 Å². The van der Waals surface area contributed by atoms with Crippen molar-refractivity contribution < 1.29 is 4.74 Å². The number of hydrogen-bond donors (Lipinski definition) is 1. The fourth-order valence-corrected chi connectivity index (χ4v) is 2.51. The maximum atomic E-state index is 9.41. The van der Waals surface area contributed by atoms with Crippen LogP contribution in [0, 0.1) is 37.0 Å². The fraction of sp³-hybridized carbons (Fsp3) is 0.562. The summed E-state index contributed by atoms with van der Waals surface area (Å²) in [5, 5.41) is 12.7. The first-order chi connectivity index (χ1) is 8.97. The fourth-order valence-electron chi connectivity index (χ4n) is 2.51. The summed E-state index contributed by atoms with van der Waals surface area (Å²) in [5.74, 6) is 1.16. The molecule has 0 bridgehead atoms. The van der Waals surface area contributed by atoms with Gasteiger partial charge in [0, 0.05) is 6.04 Å². The Hall–Kier alpha value is -1.53. The molecule has 19 heavy (non-hydrogen) atoms. The number of rotatable bonds is 5. The summed E-state index contributed by atoms with van der Waals surface area (Å²) in [5.41, 5.74) is 3.52. The largest absolute Gasteiger partial charge is 0.496 e. The Kier molecular flexibility index (Phi) is 5.38. The second-order valence-electron chi connectivity index (χ2n) is 5.27. The van der Waals surface area contributed by atoms with Crippen LogP contribution in [0.25, 0.3) is 0 Å². The summed E-state index contributed by atoms with van der Waals surface area (Å²) in [6.45, 7) is 8.32. The molecule has 0 saturated heterocycles. The Morgan fingerprint density at radius 3 is 2.26 bits per heavy atom. The molecule has 0 amide bonds. The highest BCUT2D eigenvalue weighted by Gasteiger charge is 2.26. The average molecular weight is 260 g/mol. The minimum absolute atomic E-state index is 0.0449. The summed E-state index contributed by atoms with van der Waals surface area (Å²) in [4.78, 5) is 0. The van der Waals surface area contributed by atoms with Gasteiger partial charge in [-0.15, -0.1) is 0 Å². The Morgan fingerprint density at radius 1 is 1.21 bits per heavy atom.